The van der Waals surface area contributed by atoms with Gasteiger partial charge in [0, 0.05) is 32.0 Å². The fraction of sp³-hybridized carbons (Fsp3) is 0.562. The first-order chi connectivity index (χ1) is 8.63. The molecule has 2 heterocycles. The van der Waals surface area contributed by atoms with Gasteiger partial charge < -0.3 is 0 Å². The molecule has 2 aliphatic rings. The predicted octanol–water partition coefficient (Wildman–Crippen LogP) is 2.82. The molecule has 2 nitrogen and oxygen atoms in total. The summed E-state index contributed by atoms with van der Waals surface area (Å²) < 4.78 is 0. The van der Waals surface area contributed by atoms with Crippen LogP contribution in [0.5, 0.6) is 0 Å². The van der Waals surface area contributed by atoms with Crippen molar-refractivity contribution in [2.24, 2.45) is 0 Å². The molecule has 0 N–H and O–H groups in total. The van der Waals surface area contributed by atoms with Crippen LogP contribution in [0, 0.1) is 13.8 Å². The molecule has 3 rings (SSSR count). The zero-order chi connectivity index (χ0) is 12.7. The number of ketones is 1. The van der Waals surface area contributed by atoms with Crippen LogP contribution in [0.25, 0.3) is 0 Å². The minimum Gasteiger partial charge on any atom is -0.300 e. The van der Waals surface area contributed by atoms with Gasteiger partial charge in [-0.1, -0.05) is 18.2 Å². The molecular formula is C16H21NO. The number of nitrogens with zero attached hydrogens (tertiary/aromatic N) is 1. The van der Waals surface area contributed by atoms with Crippen LogP contribution in [-0.4, -0.2) is 29.8 Å². The third kappa shape index (κ3) is 2.10. The van der Waals surface area contributed by atoms with Crippen LogP contribution in [0.3, 0.4) is 0 Å². The van der Waals surface area contributed by atoms with E-state index >= 15 is 0 Å². The molecule has 2 fully saturated rings. The lowest BCUT2D eigenvalue weighted by Gasteiger charge is -2.27. The summed E-state index contributed by atoms with van der Waals surface area (Å²) in [6.07, 6.45) is 2.70. The average Bonchev–Trinajstić information content (AvgIpc) is 2.75. The van der Waals surface area contributed by atoms with Crippen molar-refractivity contribution >= 4 is 5.78 Å². The highest BCUT2D eigenvalue weighted by molar-refractivity contribution is 5.80. The van der Waals surface area contributed by atoms with Crippen LogP contribution >= 0.6 is 0 Å². The molecule has 0 saturated carbocycles. The van der Waals surface area contributed by atoms with E-state index in [2.05, 4.69) is 36.9 Å². The van der Waals surface area contributed by atoms with Gasteiger partial charge in [-0.2, -0.15) is 0 Å². The highest BCUT2D eigenvalue weighted by Crippen LogP contribution is 2.35. The number of piperidine rings is 1. The normalized spacial score (nSPS) is 28.4. The van der Waals surface area contributed by atoms with E-state index in [1.807, 2.05) is 0 Å². The highest BCUT2D eigenvalue weighted by atomic mass is 16.1. The summed E-state index contributed by atoms with van der Waals surface area (Å²) in [6, 6.07) is 7.35. The molecule has 2 heteroatoms. The number of aryl methyl sites for hydroxylation is 2. The molecule has 0 aromatic heterocycles. The Morgan fingerprint density at radius 2 is 2.06 bits per heavy atom. The van der Waals surface area contributed by atoms with Crippen molar-refractivity contribution in [3.63, 3.8) is 0 Å². The first-order valence-corrected chi connectivity index (χ1v) is 6.96. The third-order valence-corrected chi connectivity index (χ3v) is 4.67. The van der Waals surface area contributed by atoms with Gasteiger partial charge in [0.15, 0.2) is 0 Å². The second-order valence-corrected chi connectivity index (χ2v) is 5.92. The van der Waals surface area contributed by atoms with E-state index < -0.39 is 0 Å². The lowest BCUT2D eigenvalue weighted by Crippen LogP contribution is -2.38. The van der Waals surface area contributed by atoms with E-state index in [9.17, 15) is 4.79 Å². The Morgan fingerprint density at radius 1 is 1.22 bits per heavy atom. The Morgan fingerprint density at radius 3 is 2.83 bits per heavy atom. The van der Waals surface area contributed by atoms with Gasteiger partial charge in [0.1, 0.15) is 5.78 Å². The summed E-state index contributed by atoms with van der Waals surface area (Å²) in [7, 11) is 0. The number of hydrogen-bond donors (Lipinski definition) is 0. The van der Waals surface area contributed by atoms with Crippen molar-refractivity contribution in [1.82, 2.24) is 4.90 Å². The third-order valence-electron chi connectivity index (χ3n) is 4.67. The second kappa shape index (κ2) is 4.51. The zero-order valence-corrected chi connectivity index (χ0v) is 11.3. The van der Waals surface area contributed by atoms with Crippen LogP contribution in [0.1, 0.15) is 41.9 Å². The standard InChI is InChI=1S/C16H21NO/c1-11-3-4-13(7-12(11)2)14-8-15-9-16(18)5-6-17(15)10-14/h3-4,7,14-15H,5-6,8-10H2,1-2H3/t14-,15+/m1/s1. The predicted molar refractivity (Wildman–Crippen MR) is 72.9 cm³/mol. The van der Waals surface area contributed by atoms with Gasteiger partial charge in [0.2, 0.25) is 0 Å². The number of carbonyl (C=O) groups excluding carboxylic acids is 1. The number of hydrogen-bond acceptors (Lipinski definition) is 2. The SMILES string of the molecule is Cc1ccc([C@@H]2C[C@H]3CC(=O)CCN3C2)cc1C. The molecule has 0 radical (unpaired) electrons. The summed E-state index contributed by atoms with van der Waals surface area (Å²) >= 11 is 0. The molecular weight excluding hydrogens is 222 g/mol. The van der Waals surface area contributed by atoms with Gasteiger partial charge in [-0.15, -0.1) is 0 Å². The lowest BCUT2D eigenvalue weighted by atomic mass is 9.92. The van der Waals surface area contributed by atoms with Crippen molar-refractivity contribution in [1.29, 1.82) is 0 Å². The Balaban J connectivity index is 1.78. The van der Waals surface area contributed by atoms with Gasteiger partial charge in [0.05, 0.1) is 0 Å². The molecule has 0 spiro atoms. The van der Waals surface area contributed by atoms with E-state index in [1.165, 1.54) is 16.7 Å². The number of rotatable bonds is 1. The molecule has 0 aliphatic carbocycles. The summed E-state index contributed by atoms with van der Waals surface area (Å²) in [5, 5.41) is 0. The van der Waals surface area contributed by atoms with E-state index in [1.54, 1.807) is 0 Å². The lowest BCUT2D eigenvalue weighted by molar-refractivity contribution is -0.122. The quantitative estimate of drug-likeness (QED) is 0.756. The molecule has 0 amide bonds. The molecule has 1 aromatic rings. The fourth-order valence-corrected chi connectivity index (χ4v) is 3.36. The molecule has 0 bridgehead atoms. The summed E-state index contributed by atoms with van der Waals surface area (Å²) in [6.45, 7) is 6.46. The second-order valence-electron chi connectivity index (χ2n) is 5.92. The summed E-state index contributed by atoms with van der Waals surface area (Å²) in [5.41, 5.74) is 4.21. The highest BCUT2D eigenvalue weighted by Gasteiger charge is 2.36. The number of benzene rings is 1. The van der Waals surface area contributed by atoms with Crippen LogP contribution in [0.4, 0.5) is 0 Å². The smallest absolute Gasteiger partial charge is 0.135 e. The van der Waals surface area contributed by atoms with Crippen molar-refractivity contribution < 1.29 is 4.79 Å². The van der Waals surface area contributed by atoms with Gasteiger partial charge in [-0.3, -0.25) is 9.69 Å². The maximum absolute atomic E-state index is 11.5. The van der Waals surface area contributed by atoms with Gasteiger partial charge in [-0.25, -0.2) is 0 Å². The first-order valence-electron chi connectivity index (χ1n) is 6.96. The van der Waals surface area contributed by atoms with Crippen molar-refractivity contribution in [3.8, 4) is 0 Å². The molecule has 0 unspecified atom stereocenters. The van der Waals surface area contributed by atoms with E-state index in [4.69, 9.17) is 0 Å². The summed E-state index contributed by atoms with van der Waals surface area (Å²) in [4.78, 5) is 14.0. The molecule has 2 atom stereocenters. The Bertz CT molecular complexity index is 480. The minimum absolute atomic E-state index is 0.456. The van der Waals surface area contributed by atoms with Crippen LogP contribution in [-0.2, 0) is 4.79 Å². The largest absolute Gasteiger partial charge is 0.300 e. The number of fused-ring (bicyclic) bond motifs is 1. The molecule has 96 valence electrons. The van der Waals surface area contributed by atoms with Crippen molar-refractivity contribution in [3.05, 3.63) is 34.9 Å². The van der Waals surface area contributed by atoms with Crippen LogP contribution in [0.2, 0.25) is 0 Å². The first kappa shape index (κ1) is 11.9. The van der Waals surface area contributed by atoms with Crippen molar-refractivity contribution in [2.45, 2.75) is 45.1 Å². The van der Waals surface area contributed by atoms with Crippen LogP contribution in [0.15, 0.2) is 18.2 Å². The summed E-state index contributed by atoms with van der Waals surface area (Å²) in [5.74, 6) is 1.08. The molecule has 2 aliphatic heterocycles. The minimum atomic E-state index is 0.456. The maximum Gasteiger partial charge on any atom is 0.135 e. The zero-order valence-electron chi connectivity index (χ0n) is 11.3. The Hall–Kier alpha value is -1.15. The average molecular weight is 243 g/mol. The van der Waals surface area contributed by atoms with Crippen molar-refractivity contribution in [2.75, 3.05) is 13.1 Å². The van der Waals surface area contributed by atoms with E-state index in [-0.39, 0.29) is 0 Å². The molecule has 2 saturated heterocycles. The molecule has 18 heavy (non-hydrogen) atoms. The monoisotopic (exact) mass is 243 g/mol. The Kier molecular flexibility index (Phi) is 2.98. The topological polar surface area (TPSA) is 20.3 Å². The van der Waals surface area contributed by atoms with E-state index in [0.717, 1.165) is 32.4 Å². The van der Waals surface area contributed by atoms with Crippen LogP contribution < -0.4 is 0 Å². The van der Waals surface area contributed by atoms with Gasteiger partial charge in [-0.05, 0) is 42.9 Å². The van der Waals surface area contributed by atoms with Gasteiger partial charge in [0.25, 0.3) is 0 Å². The maximum atomic E-state index is 11.5. The number of Topliss-reactive ketones (excluding diaryl/α,β-unsaturated/α-hetero) is 1. The van der Waals surface area contributed by atoms with E-state index in [0.29, 0.717) is 17.7 Å². The number of carbonyl (C=O) groups is 1. The van der Waals surface area contributed by atoms with Gasteiger partial charge >= 0.3 is 0 Å². The fourth-order valence-electron chi connectivity index (χ4n) is 3.36. The Labute approximate surface area is 109 Å². The molecule has 1 aromatic carbocycles.